The Morgan fingerprint density at radius 3 is 1.55 bits per heavy atom. The van der Waals surface area contributed by atoms with Crippen molar-refractivity contribution >= 4 is 43.6 Å². The fourth-order valence-electron chi connectivity index (χ4n) is 6.19. The van der Waals surface area contributed by atoms with Crippen molar-refractivity contribution in [2.75, 3.05) is 0 Å². The molecule has 0 atom stereocenters. The van der Waals surface area contributed by atoms with Gasteiger partial charge in [0, 0.05) is 38.9 Å². The van der Waals surface area contributed by atoms with Gasteiger partial charge in [0.2, 0.25) is 0 Å². The Bertz CT molecular complexity index is 2190. The van der Waals surface area contributed by atoms with E-state index in [9.17, 15) is 5.26 Å². The number of hydrogen-bond acceptors (Lipinski definition) is 2. The van der Waals surface area contributed by atoms with Crippen LogP contribution in [-0.4, -0.2) is 14.1 Å². The molecule has 5 aromatic carbocycles. The van der Waals surface area contributed by atoms with Gasteiger partial charge in [-0.25, -0.2) is 0 Å². The molecule has 3 aromatic heterocycles. The molecule has 4 nitrogen and oxygen atoms in total. The summed E-state index contributed by atoms with van der Waals surface area (Å²) in [6.07, 6.45) is 3.77. The Morgan fingerprint density at radius 2 is 1.02 bits per heavy atom. The van der Waals surface area contributed by atoms with E-state index in [4.69, 9.17) is 4.98 Å². The number of benzene rings is 5. The standard InChI is InChI=1S/C36H22N4/c37-21-24-10-9-19-35(40-33-17-7-3-13-29(33)30-14-4-8-18-34(30)40)36(24)25-20-26(23-38-22-25)39-31-15-5-1-11-27(31)28-12-2-6-16-32(28)39/h1-20,22-23H. The Morgan fingerprint density at radius 1 is 0.525 bits per heavy atom. The predicted molar refractivity (Wildman–Crippen MR) is 163 cm³/mol. The van der Waals surface area contributed by atoms with Crippen LogP contribution < -0.4 is 0 Å². The molecule has 186 valence electrons. The molecule has 40 heavy (non-hydrogen) atoms. The molecule has 0 bridgehead atoms. The van der Waals surface area contributed by atoms with Gasteiger partial charge in [0.15, 0.2) is 0 Å². The molecule has 0 spiro atoms. The molecule has 0 fully saturated rings. The summed E-state index contributed by atoms with van der Waals surface area (Å²) in [5.41, 5.74) is 8.74. The van der Waals surface area contributed by atoms with Crippen LogP contribution in [-0.2, 0) is 0 Å². The van der Waals surface area contributed by atoms with Crippen LogP contribution >= 0.6 is 0 Å². The summed E-state index contributed by atoms with van der Waals surface area (Å²) < 4.78 is 4.53. The van der Waals surface area contributed by atoms with Gasteiger partial charge in [-0.2, -0.15) is 5.26 Å². The van der Waals surface area contributed by atoms with Crippen molar-refractivity contribution in [3.05, 3.63) is 139 Å². The van der Waals surface area contributed by atoms with E-state index in [2.05, 4.69) is 124 Å². The van der Waals surface area contributed by atoms with Gasteiger partial charge in [0.05, 0.1) is 51.3 Å². The van der Waals surface area contributed by atoms with Crippen LogP contribution in [0.1, 0.15) is 5.56 Å². The molecule has 4 heteroatoms. The van der Waals surface area contributed by atoms with Crippen molar-refractivity contribution in [1.29, 1.82) is 5.26 Å². The second-order valence-corrected chi connectivity index (χ2v) is 9.98. The van der Waals surface area contributed by atoms with Crippen molar-refractivity contribution in [3.63, 3.8) is 0 Å². The first kappa shape index (κ1) is 22.3. The molecule has 0 aliphatic carbocycles. The monoisotopic (exact) mass is 510 g/mol. The van der Waals surface area contributed by atoms with Crippen LogP contribution in [0.2, 0.25) is 0 Å². The lowest BCUT2D eigenvalue weighted by Gasteiger charge is -2.16. The highest BCUT2D eigenvalue weighted by Crippen LogP contribution is 2.38. The molecule has 8 rings (SSSR count). The second kappa shape index (κ2) is 8.69. The van der Waals surface area contributed by atoms with E-state index in [1.807, 2.05) is 24.5 Å². The van der Waals surface area contributed by atoms with Gasteiger partial charge in [-0.1, -0.05) is 78.9 Å². The Hall–Kier alpha value is -5.66. The molecule has 0 saturated carbocycles. The van der Waals surface area contributed by atoms with E-state index in [0.717, 1.165) is 44.6 Å². The fraction of sp³-hybridized carbons (Fsp3) is 0. The largest absolute Gasteiger partial charge is 0.309 e. The van der Waals surface area contributed by atoms with Crippen LogP contribution in [0.25, 0.3) is 66.1 Å². The maximum atomic E-state index is 10.3. The highest BCUT2D eigenvalue weighted by atomic mass is 15.0. The first-order chi connectivity index (χ1) is 19.8. The molecule has 3 heterocycles. The first-order valence-corrected chi connectivity index (χ1v) is 13.3. The summed E-state index contributed by atoms with van der Waals surface area (Å²) in [7, 11) is 0. The molecule has 8 aromatic rings. The molecule has 0 aliphatic rings. The Balaban J connectivity index is 1.43. The predicted octanol–water partition coefficient (Wildman–Crippen LogP) is 8.81. The number of para-hydroxylation sites is 4. The highest BCUT2D eigenvalue weighted by Gasteiger charge is 2.19. The first-order valence-electron chi connectivity index (χ1n) is 13.3. The number of fused-ring (bicyclic) bond motifs is 6. The van der Waals surface area contributed by atoms with Crippen LogP contribution in [0.3, 0.4) is 0 Å². The van der Waals surface area contributed by atoms with E-state index in [1.165, 1.54) is 21.5 Å². The number of pyridine rings is 1. The van der Waals surface area contributed by atoms with Crippen molar-refractivity contribution in [2.24, 2.45) is 0 Å². The summed E-state index contributed by atoms with van der Waals surface area (Å²) in [6, 6.07) is 44.4. The molecule has 0 saturated heterocycles. The van der Waals surface area contributed by atoms with Crippen molar-refractivity contribution in [2.45, 2.75) is 0 Å². The third-order valence-corrected chi connectivity index (χ3v) is 7.83. The molecular weight excluding hydrogens is 488 g/mol. The fourth-order valence-corrected chi connectivity index (χ4v) is 6.19. The lowest BCUT2D eigenvalue weighted by molar-refractivity contribution is 1.14. The van der Waals surface area contributed by atoms with Crippen LogP contribution in [0.5, 0.6) is 0 Å². The van der Waals surface area contributed by atoms with Gasteiger partial charge < -0.3 is 9.13 Å². The number of rotatable bonds is 3. The number of aromatic nitrogens is 3. The Labute approximate surface area is 230 Å². The summed E-state index contributed by atoms with van der Waals surface area (Å²) >= 11 is 0. The van der Waals surface area contributed by atoms with E-state index < -0.39 is 0 Å². The molecule has 0 amide bonds. The van der Waals surface area contributed by atoms with Gasteiger partial charge in [-0.15, -0.1) is 0 Å². The molecule has 0 N–H and O–H groups in total. The highest BCUT2D eigenvalue weighted by molar-refractivity contribution is 6.10. The summed E-state index contributed by atoms with van der Waals surface area (Å²) in [5, 5.41) is 15.0. The number of nitrogens with zero attached hydrogens (tertiary/aromatic N) is 4. The lowest BCUT2D eigenvalue weighted by Crippen LogP contribution is -2.01. The van der Waals surface area contributed by atoms with Crippen LogP contribution in [0.15, 0.2) is 134 Å². The number of hydrogen-bond donors (Lipinski definition) is 0. The van der Waals surface area contributed by atoms with Crippen molar-refractivity contribution < 1.29 is 0 Å². The van der Waals surface area contributed by atoms with Gasteiger partial charge in [-0.05, 0) is 42.5 Å². The second-order valence-electron chi connectivity index (χ2n) is 9.98. The minimum absolute atomic E-state index is 0.612. The zero-order valence-electron chi connectivity index (χ0n) is 21.5. The normalized spacial score (nSPS) is 11.5. The van der Waals surface area contributed by atoms with E-state index in [1.54, 1.807) is 0 Å². The van der Waals surface area contributed by atoms with Crippen molar-refractivity contribution in [1.82, 2.24) is 14.1 Å². The van der Waals surface area contributed by atoms with Crippen LogP contribution in [0, 0.1) is 11.3 Å². The van der Waals surface area contributed by atoms with Gasteiger partial charge in [0.1, 0.15) is 0 Å². The SMILES string of the molecule is N#Cc1cccc(-n2c3ccccc3c3ccccc32)c1-c1cncc(-n2c3ccccc3c3ccccc32)c1. The van der Waals surface area contributed by atoms with Crippen LogP contribution in [0.4, 0.5) is 0 Å². The Kier molecular flexibility index (Phi) is 4.85. The van der Waals surface area contributed by atoms with Gasteiger partial charge >= 0.3 is 0 Å². The van der Waals surface area contributed by atoms with Gasteiger partial charge in [-0.3, -0.25) is 4.98 Å². The summed E-state index contributed by atoms with van der Waals surface area (Å²) in [5.74, 6) is 0. The van der Waals surface area contributed by atoms with E-state index >= 15 is 0 Å². The third-order valence-electron chi connectivity index (χ3n) is 7.83. The minimum Gasteiger partial charge on any atom is -0.309 e. The lowest BCUT2D eigenvalue weighted by atomic mass is 9.98. The average Bonchev–Trinajstić information content (AvgIpc) is 3.54. The van der Waals surface area contributed by atoms with Crippen molar-refractivity contribution in [3.8, 4) is 28.6 Å². The molecular formula is C36H22N4. The zero-order valence-corrected chi connectivity index (χ0v) is 21.5. The quantitative estimate of drug-likeness (QED) is 0.238. The topological polar surface area (TPSA) is 46.5 Å². The number of nitriles is 1. The molecule has 0 aliphatic heterocycles. The third kappa shape index (κ3) is 3.15. The maximum absolute atomic E-state index is 10.3. The van der Waals surface area contributed by atoms with E-state index in [0.29, 0.717) is 5.56 Å². The smallest absolute Gasteiger partial charge is 0.0998 e. The zero-order chi connectivity index (χ0) is 26.6. The minimum atomic E-state index is 0.612. The molecule has 0 unspecified atom stereocenters. The van der Waals surface area contributed by atoms with Gasteiger partial charge in [0.25, 0.3) is 0 Å². The molecule has 0 radical (unpaired) electrons. The summed E-state index contributed by atoms with van der Waals surface area (Å²) in [6.45, 7) is 0. The summed E-state index contributed by atoms with van der Waals surface area (Å²) in [4.78, 5) is 4.71. The average molecular weight is 511 g/mol. The maximum Gasteiger partial charge on any atom is 0.0998 e. The van der Waals surface area contributed by atoms with E-state index in [-0.39, 0.29) is 0 Å².